The largest absolute Gasteiger partial charge is 0.467 e. The average Bonchev–Trinajstić information content (AvgIpc) is 2.82. The van der Waals surface area contributed by atoms with Crippen LogP contribution in [0.4, 0.5) is 0 Å². The number of fused-ring (bicyclic) bond motifs is 1. The van der Waals surface area contributed by atoms with Crippen LogP contribution in [0.25, 0.3) is 0 Å². The van der Waals surface area contributed by atoms with Gasteiger partial charge in [-0.15, -0.1) is 0 Å². The lowest BCUT2D eigenvalue weighted by Crippen LogP contribution is -2.33. The van der Waals surface area contributed by atoms with Gasteiger partial charge in [0.1, 0.15) is 0 Å². The van der Waals surface area contributed by atoms with Gasteiger partial charge < -0.3 is 9.64 Å². The fourth-order valence-electron chi connectivity index (χ4n) is 2.54. The van der Waals surface area contributed by atoms with Crippen LogP contribution in [-0.4, -0.2) is 28.9 Å². The van der Waals surface area contributed by atoms with Crippen LogP contribution >= 0.6 is 15.9 Å². The Morgan fingerprint density at radius 1 is 1.32 bits per heavy atom. The molecule has 6 heteroatoms. The fourth-order valence-corrected chi connectivity index (χ4v) is 2.80. The van der Waals surface area contributed by atoms with E-state index >= 15 is 0 Å². The molecule has 2 aromatic rings. The van der Waals surface area contributed by atoms with Crippen LogP contribution in [0.3, 0.4) is 0 Å². The highest BCUT2D eigenvalue weighted by Crippen LogP contribution is 2.34. The second-order valence-corrected chi connectivity index (χ2v) is 5.84. The molecule has 0 radical (unpaired) electrons. The van der Waals surface area contributed by atoms with Crippen molar-refractivity contribution in [2.75, 3.05) is 7.11 Å². The highest BCUT2D eigenvalue weighted by molar-refractivity contribution is 9.10. The van der Waals surface area contributed by atoms with Crippen molar-refractivity contribution in [2.24, 2.45) is 0 Å². The summed E-state index contributed by atoms with van der Waals surface area (Å²) in [4.78, 5) is 30.4. The Bertz CT molecular complexity index is 730. The first kappa shape index (κ1) is 14.7. The molecule has 0 N–H and O–H groups in total. The fraction of sp³-hybridized carbons (Fsp3) is 0.188. The van der Waals surface area contributed by atoms with Crippen LogP contribution in [0.5, 0.6) is 0 Å². The number of nitrogens with zero attached hydrogens (tertiary/aromatic N) is 2. The van der Waals surface area contributed by atoms with Crippen LogP contribution in [0.15, 0.2) is 47.1 Å². The second kappa shape index (κ2) is 5.88. The van der Waals surface area contributed by atoms with Gasteiger partial charge in [-0.1, -0.05) is 28.1 Å². The smallest absolute Gasteiger partial charge is 0.334 e. The lowest BCUT2D eigenvalue weighted by Gasteiger charge is -2.22. The maximum atomic E-state index is 12.6. The number of halogens is 1. The predicted molar refractivity (Wildman–Crippen MR) is 83.0 cm³/mol. The molecule has 5 nitrogen and oxygen atoms in total. The number of esters is 1. The van der Waals surface area contributed by atoms with Gasteiger partial charge in [0.05, 0.1) is 18.4 Å². The molecule has 0 aliphatic carbocycles. The second-order valence-electron chi connectivity index (χ2n) is 4.92. The van der Waals surface area contributed by atoms with Crippen LogP contribution in [0.2, 0.25) is 0 Å². The van der Waals surface area contributed by atoms with Crippen LogP contribution in [-0.2, 0) is 16.1 Å². The molecule has 1 aromatic heterocycles. The number of amides is 1. The van der Waals surface area contributed by atoms with Crippen molar-refractivity contribution in [3.8, 4) is 0 Å². The minimum absolute atomic E-state index is 0.207. The zero-order valence-electron chi connectivity index (χ0n) is 11.8. The van der Waals surface area contributed by atoms with Gasteiger partial charge in [-0.05, 0) is 29.8 Å². The number of carbonyl (C=O) groups excluding carboxylic acids is 2. The summed E-state index contributed by atoms with van der Waals surface area (Å²) in [7, 11) is 1.31. The molecule has 0 spiro atoms. The lowest BCUT2D eigenvalue weighted by atomic mass is 10.1. The Morgan fingerprint density at radius 3 is 2.73 bits per heavy atom. The molecule has 2 heterocycles. The van der Waals surface area contributed by atoms with E-state index in [1.54, 1.807) is 18.3 Å². The van der Waals surface area contributed by atoms with Gasteiger partial charge in [-0.2, -0.15) is 0 Å². The number of aromatic nitrogens is 1. The Kier molecular flexibility index (Phi) is 3.94. The summed E-state index contributed by atoms with van der Waals surface area (Å²) < 4.78 is 5.80. The topological polar surface area (TPSA) is 59.5 Å². The third-order valence-electron chi connectivity index (χ3n) is 3.59. The summed E-state index contributed by atoms with van der Waals surface area (Å²) in [6.07, 6.45) is 1.57. The standard InChI is InChI=1S/C16H13BrN2O3/c1-22-16(21)14-13-12(3-2-8-18-13)15(20)19(14)9-10-4-6-11(17)7-5-10/h2-8,14H,9H2,1H3/t14-/m0/s1. The van der Waals surface area contributed by atoms with Gasteiger partial charge in [0.15, 0.2) is 6.04 Å². The normalized spacial score (nSPS) is 16.5. The summed E-state index contributed by atoms with van der Waals surface area (Å²) in [5.41, 5.74) is 1.84. The van der Waals surface area contributed by atoms with Crippen LogP contribution in [0.1, 0.15) is 27.7 Å². The molecular weight excluding hydrogens is 348 g/mol. The molecule has 0 unspecified atom stereocenters. The first-order chi connectivity index (χ1) is 10.6. The molecule has 1 aromatic carbocycles. The predicted octanol–water partition coefficient (Wildman–Crippen LogP) is 2.71. The van der Waals surface area contributed by atoms with Gasteiger partial charge in [0.25, 0.3) is 5.91 Å². The number of benzene rings is 1. The maximum absolute atomic E-state index is 12.6. The third-order valence-corrected chi connectivity index (χ3v) is 4.12. The highest BCUT2D eigenvalue weighted by Gasteiger charge is 2.42. The van der Waals surface area contributed by atoms with E-state index in [0.717, 1.165) is 10.0 Å². The molecule has 1 amide bonds. The molecule has 22 heavy (non-hydrogen) atoms. The van der Waals surface area contributed by atoms with Crippen molar-refractivity contribution in [1.82, 2.24) is 9.88 Å². The quantitative estimate of drug-likeness (QED) is 0.789. The summed E-state index contributed by atoms with van der Waals surface area (Å²) in [6.45, 7) is 0.322. The van der Waals surface area contributed by atoms with E-state index in [2.05, 4.69) is 20.9 Å². The molecule has 3 rings (SSSR count). The number of ether oxygens (including phenoxy) is 1. The van der Waals surface area contributed by atoms with Gasteiger partial charge in [0.2, 0.25) is 0 Å². The molecule has 112 valence electrons. The number of rotatable bonds is 3. The van der Waals surface area contributed by atoms with Crippen molar-refractivity contribution >= 4 is 27.8 Å². The lowest BCUT2D eigenvalue weighted by molar-refractivity contribution is -0.146. The Morgan fingerprint density at radius 2 is 2.05 bits per heavy atom. The number of methoxy groups -OCH3 is 1. The summed E-state index contributed by atoms with van der Waals surface area (Å²) in [5.74, 6) is -0.690. The Balaban J connectivity index is 1.97. The van der Waals surface area contributed by atoms with Crippen LogP contribution < -0.4 is 0 Å². The van der Waals surface area contributed by atoms with Crippen molar-refractivity contribution in [3.63, 3.8) is 0 Å². The zero-order chi connectivity index (χ0) is 15.7. The molecular formula is C16H13BrN2O3. The van der Waals surface area contributed by atoms with Gasteiger partial charge in [0, 0.05) is 17.2 Å². The summed E-state index contributed by atoms with van der Waals surface area (Å²) in [6, 6.07) is 10.2. The van der Waals surface area contributed by atoms with E-state index in [0.29, 0.717) is 17.8 Å². The van der Waals surface area contributed by atoms with E-state index in [1.807, 2.05) is 24.3 Å². The Hall–Kier alpha value is -2.21. The van der Waals surface area contributed by atoms with Gasteiger partial charge >= 0.3 is 5.97 Å². The summed E-state index contributed by atoms with van der Waals surface area (Å²) >= 11 is 3.37. The number of carbonyl (C=O) groups is 2. The van der Waals surface area contributed by atoms with Crippen molar-refractivity contribution in [2.45, 2.75) is 12.6 Å². The van der Waals surface area contributed by atoms with E-state index in [1.165, 1.54) is 12.0 Å². The minimum atomic E-state index is -0.794. The monoisotopic (exact) mass is 360 g/mol. The SMILES string of the molecule is COC(=O)[C@@H]1c2ncccc2C(=O)N1Cc1ccc(Br)cc1. The van der Waals surface area contributed by atoms with Crippen LogP contribution in [0, 0.1) is 0 Å². The average molecular weight is 361 g/mol. The molecule has 1 aliphatic rings. The van der Waals surface area contributed by atoms with Gasteiger partial charge in [-0.3, -0.25) is 9.78 Å². The van der Waals surface area contributed by atoms with E-state index in [9.17, 15) is 9.59 Å². The first-order valence-corrected chi connectivity index (χ1v) is 7.49. The van der Waals surface area contributed by atoms with E-state index < -0.39 is 12.0 Å². The molecule has 1 aliphatic heterocycles. The highest BCUT2D eigenvalue weighted by atomic mass is 79.9. The van der Waals surface area contributed by atoms with Crippen molar-refractivity contribution < 1.29 is 14.3 Å². The van der Waals surface area contributed by atoms with Crippen molar-refractivity contribution in [3.05, 3.63) is 63.9 Å². The molecule has 0 bridgehead atoms. The van der Waals surface area contributed by atoms with E-state index in [4.69, 9.17) is 4.74 Å². The van der Waals surface area contributed by atoms with Crippen molar-refractivity contribution in [1.29, 1.82) is 0 Å². The molecule has 0 fully saturated rings. The molecule has 0 saturated heterocycles. The molecule has 0 saturated carbocycles. The number of hydrogen-bond acceptors (Lipinski definition) is 4. The van der Waals surface area contributed by atoms with Gasteiger partial charge in [-0.25, -0.2) is 4.79 Å². The first-order valence-electron chi connectivity index (χ1n) is 6.70. The molecule has 1 atom stereocenters. The maximum Gasteiger partial charge on any atom is 0.334 e. The summed E-state index contributed by atoms with van der Waals surface area (Å²) in [5, 5.41) is 0. The minimum Gasteiger partial charge on any atom is -0.467 e. The third kappa shape index (κ3) is 2.50. The number of hydrogen-bond donors (Lipinski definition) is 0. The Labute approximate surface area is 136 Å². The zero-order valence-corrected chi connectivity index (χ0v) is 13.4. The van der Waals surface area contributed by atoms with E-state index in [-0.39, 0.29) is 5.91 Å². The number of pyridine rings is 1.